The van der Waals surface area contributed by atoms with Gasteiger partial charge in [-0.2, -0.15) is 0 Å². The van der Waals surface area contributed by atoms with Gasteiger partial charge >= 0.3 is 0 Å². The minimum absolute atomic E-state index is 0.536. The number of halogens is 2. The molecule has 96 valence electrons. The number of ether oxygens (including phenoxy) is 1. The lowest BCUT2D eigenvalue weighted by Gasteiger charge is -2.11. The summed E-state index contributed by atoms with van der Waals surface area (Å²) in [6, 6.07) is 4.01. The predicted octanol–water partition coefficient (Wildman–Crippen LogP) is 4.63. The average molecular weight is 365 g/mol. The maximum absolute atomic E-state index is 5.78. The van der Waals surface area contributed by atoms with Crippen molar-refractivity contribution in [2.24, 2.45) is 5.73 Å². The summed E-state index contributed by atoms with van der Waals surface area (Å²) in [5, 5.41) is 0. The van der Waals surface area contributed by atoms with Crippen LogP contribution in [0.3, 0.4) is 0 Å². The molecule has 1 rings (SSSR count). The molecule has 0 radical (unpaired) electrons. The summed E-state index contributed by atoms with van der Waals surface area (Å²) in [6.07, 6.45) is 4.86. The van der Waals surface area contributed by atoms with Gasteiger partial charge in [-0.05, 0) is 56.0 Å². The molecule has 0 saturated carbocycles. The highest BCUT2D eigenvalue weighted by Crippen LogP contribution is 2.34. The smallest absolute Gasteiger partial charge is 0.147 e. The number of nitrogens with two attached hydrogens (primary N) is 1. The van der Waals surface area contributed by atoms with Crippen molar-refractivity contribution in [3.05, 3.63) is 26.6 Å². The van der Waals surface area contributed by atoms with Crippen molar-refractivity contribution < 1.29 is 4.74 Å². The van der Waals surface area contributed by atoms with Crippen LogP contribution in [0, 0.1) is 0 Å². The minimum Gasteiger partial charge on any atom is -0.491 e. The number of benzene rings is 1. The Hall–Kier alpha value is -0.0600. The first-order valence-electron chi connectivity index (χ1n) is 5.99. The second-order valence-corrected chi connectivity index (χ2v) is 5.71. The summed E-state index contributed by atoms with van der Waals surface area (Å²) in [7, 11) is 0. The fourth-order valence-corrected chi connectivity index (χ4v) is 3.08. The summed E-state index contributed by atoms with van der Waals surface area (Å²) in [4.78, 5) is 0. The van der Waals surface area contributed by atoms with Gasteiger partial charge in [0.05, 0.1) is 15.6 Å². The Bertz CT molecular complexity index is 332. The Labute approximate surface area is 120 Å². The fraction of sp³-hybridized carbons (Fsp3) is 0.538. The molecule has 1 aromatic rings. The third-order valence-corrected chi connectivity index (χ3v) is 3.72. The van der Waals surface area contributed by atoms with E-state index in [0.717, 1.165) is 33.3 Å². The van der Waals surface area contributed by atoms with E-state index < -0.39 is 0 Å². The zero-order chi connectivity index (χ0) is 12.7. The quantitative estimate of drug-likeness (QED) is 0.716. The van der Waals surface area contributed by atoms with E-state index >= 15 is 0 Å². The highest BCUT2D eigenvalue weighted by atomic mass is 79.9. The molecule has 0 fully saturated rings. The lowest BCUT2D eigenvalue weighted by atomic mass is 10.2. The Morgan fingerprint density at radius 2 is 1.76 bits per heavy atom. The molecule has 0 atom stereocenters. The zero-order valence-electron chi connectivity index (χ0n) is 10.1. The molecule has 0 aliphatic heterocycles. The highest BCUT2D eigenvalue weighted by Gasteiger charge is 2.08. The van der Waals surface area contributed by atoms with Crippen molar-refractivity contribution in [3.8, 4) is 5.75 Å². The fourth-order valence-electron chi connectivity index (χ4n) is 1.57. The molecule has 0 bridgehead atoms. The molecule has 0 saturated heterocycles. The van der Waals surface area contributed by atoms with Crippen LogP contribution >= 0.6 is 31.9 Å². The summed E-state index contributed by atoms with van der Waals surface area (Å²) in [5.41, 5.74) is 6.70. The molecule has 4 heteroatoms. The highest BCUT2D eigenvalue weighted by molar-refractivity contribution is 9.11. The summed E-state index contributed by atoms with van der Waals surface area (Å²) in [6.45, 7) is 3.51. The van der Waals surface area contributed by atoms with Gasteiger partial charge in [0.25, 0.3) is 0 Å². The third kappa shape index (κ3) is 4.98. The maximum atomic E-state index is 5.78. The minimum atomic E-state index is 0.536. The van der Waals surface area contributed by atoms with E-state index in [4.69, 9.17) is 10.5 Å². The van der Waals surface area contributed by atoms with Crippen LogP contribution in [0.2, 0.25) is 0 Å². The van der Waals surface area contributed by atoms with Gasteiger partial charge in [0.1, 0.15) is 5.75 Å². The molecule has 0 aromatic heterocycles. The molecule has 0 aliphatic carbocycles. The molecule has 0 heterocycles. The van der Waals surface area contributed by atoms with Gasteiger partial charge in [0.15, 0.2) is 0 Å². The first-order chi connectivity index (χ1) is 8.19. The Kier molecular flexibility index (Phi) is 7.16. The first-order valence-corrected chi connectivity index (χ1v) is 7.58. The predicted molar refractivity (Wildman–Crippen MR) is 79.4 cm³/mol. The Morgan fingerprint density at radius 3 is 2.29 bits per heavy atom. The number of rotatable bonds is 7. The van der Waals surface area contributed by atoms with E-state index in [1.54, 1.807) is 0 Å². The number of hydrogen-bond acceptors (Lipinski definition) is 2. The van der Waals surface area contributed by atoms with Gasteiger partial charge in [0.2, 0.25) is 0 Å². The van der Waals surface area contributed by atoms with Crippen molar-refractivity contribution >= 4 is 31.9 Å². The van der Waals surface area contributed by atoms with E-state index in [0.29, 0.717) is 6.54 Å². The van der Waals surface area contributed by atoms with Crippen LogP contribution in [-0.2, 0) is 6.54 Å². The summed E-state index contributed by atoms with van der Waals surface area (Å²) < 4.78 is 7.70. The van der Waals surface area contributed by atoms with Gasteiger partial charge in [-0.25, -0.2) is 0 Å². The third-order valence-electron chi connectivity index (χ3n) is 2.54. The molecule has 0 amide bonds. The Balaban J connectivity index is 2.53. The van der Waals surface area contributed by atoms with Crippen LogP contribution in [0.25, 0.3) is 0 Å². The van der Waals surface area contributed by atoms with Crippen LogP contribution < -0.4 is 10.5 Å². The topological polar surface area (TPSA) is 35.2 Å². The largest absolute Gasteiger partial charge is 0.491 e. The van der Waals surface area contributed by atoms with Crippen LogP contribution in [0.4, 0.5) is 0 Å². The van der Waals surface area contributed by atoms with Crippen LogP contribution in [0.1, 0.15) is 38.2 Å². The molecule has 0 spiro atoms. The van der Waals surface area contributed by atoms with Crippen LogP contribution in [-0.4, -0.2) is 6.61 Å². The van der Waals surface area contributed by atoms with Gasteiger partial charge in [0, 0.05) is 6.54 Å². The zero-order valence-corrected chi connectivity index (χ0v) is 13.3. The van der Waals surface area contributed by atoms with Crippen LogP contribution in [0.5, 0.6) is 5.75 Å². The average Bonchev–Trinajstić information content (AvgIpc) is 2.31. The van der Waals surface area contributed by atoms with E-state index in [-0.39, 0.29) is 0 Å². The monoisotopic (exact) mass is 363 g/mol. The molecule has 0 unspecified atom stereocenters. The molecular weight excluding hydrogens is 346 g/mol. The van der Waals surface area contributed by atoms with Gasteiger partial charge < -0.3 is 10.5 Å². The van der Waals surface area contributed by atoms with Crippen molar-refractivity contribution in [2.45, 2.75) is 39.2 Å². The first kappa shape index (κ1) is 15.0. The lowest BCUT2D eigenvalue weighted by molar-refractivity contribution is 0.301. The van der Waals surface area contributed by atoms with Crippen LogP contribution in [0.15, 0.2) is 21.1 Å². The van der Waals surface area contributed by atoms with E-state index in [1.165, 1.54) is 19.3 Å². The van der Waals surface area contributed by atoms with Gasteiger partial charge in [-0.3, -0.25) is 0 Å². The molecular formula is C13H19Br2NO. The van der Waals surface area contributed by atoms with Crippen molar-refractivity contribution in [1.82, 2.24) is 0 Å². The van der Waals surface area contributed by atoms with E-state index in [1.807, 2.05) is 12.1 Å². The second kappa shape index (κ2) is 8.11. The van der Waals surface area contributed by atoms with Crippen molar-refractivity contribution in [1.29, 1.82) is 0 Å². The standard InChI is InChI=1S/C13H19Br2NO/c1-2-3-4-5-6-17-13-11(14)7-10(9-16)8-12(13)15/h7-8H,2-6,9,16H2,1H3. The molecule has 2 N–H and O–H groups in total. The van der Waals surface area contributed by atoms with E-state index in [9.17, 15) is 0 Å². The summed E-state index contributed by atoms with van der Waals surface area (Å²) >= 11 is 7.02. The molecule has 17 heavy (non-hydrogen) atoms. The molecule has 1 aromatic carbocycles. The molecule has 0 aliphatic rings. The number of hydrogen-bond donors (Lipinski definition) is 1. The van der Waals surface area contributed by atoms with Gasteiger partial charge in [-0.1, -0.05) is 26.2 Å². The SMILES string of the molecule is CCCCCCOc1c(Br)cc(CN)cc1Br. The number of unbranched alkanes of at least 4 members (excludes halogenated alkanes) is 3. The lowest BCUT2D eigenvalue weighted by Crippen LogP contribution is -2.01. The normalized spacial score (nSPS) is 10.6. The van der Waals surface area contributed by atoms with Gasteiger partial charge in [-0.15, -0.1) is 0 Å². The maximum Gasteiger partial charge on any atom is 0.147 e. The summed E-state index contributed by atoms with van der Waals surface area (Å²) in [5.74, 6) is 0.874. The van der Waals surface area contributed by atoms with Crippen molar-refractivity contribution in [2.75, 3.05) is 6.61 Å². The van der Waals surface area contributed by atoms with Crippen molar-refractivity contribution in [3.63, 3.8) is 0 Å². The Morgan fingerprint density at radius 1 is 1.12 bits per heavy atom. The van der Waals surface area contributed by atoms with E-state index in [2.05, 4.69) is 38.8 Å². The second-order valence-electron chi connectivity index (χ2n) is 4.00. The molecule has 2 nitrogen and oxygen atoms in total.